The summed E-state index contributed by atoms with van der Waals surface area (Å²) in [6.45, 7) is 5.41. The highest BCUT2D eigenvalue weighted by molar-refractivity contribution is 5.87. The van der Waals surface area contributed by atoms with E-state index < -0.39 is 6.04 Å². The fourth-order valence-corrected chi connectivity index (χ4v) is 1.58. The van der Waals surface area contributed by atoms with Gasteiger partial charge in [-0.15, -0.1) is 0 Å². The second kappa shape index (κ2) is 7.73. The molecule has 0 spiro atoms. The van der Waals surface area contributed by atoms with E-state index >= 15 is 0 Å². The molecule has 0 saturated carbocycles. The van der Waals surface area contributed by atoms with Gasteiger partial charge in [0.2, 0.25) is 17.7 Å². The van der Waals surface area contributed by atoms with Crippen LogP contribution in [0.1, 0.15) is 20.3 Å². The lowest BCUT2D eigenvalue weighted by molar-refractivity contribution is -0.126. The molecule has 1 atom stereocenters. The van der Waals surface area contributed by atoms with Crippen molar-refractivity contribution in [3.05, 3.63) is 0 Å². The molecule has 19 heavy (non-hydrogen) atoms. The van der Waals surface area contributed by atoms with Gasteiger partial charge in [0, 0.05) is 26.1 Å². The van der Waals surface area contributed by atoms with Crippen molar-refractivity contribution < 1.29 is 14.4 Å². The minimum atomic E-state index is -0.420. The van der Waals surface area contributed by atoms with Crippen molar-refractivity contribution in [1.82, 2.24) is 21.3 Å². The Morgan fingerprint density at radius 1 is 1.37 bits per heavy atom. The maximum absolute atomic E-state index is 11.7. The highest BCUT2D eigenvalue weighted by atomic mass is 16.2. The first-order valence-corrected chi connectivity index (χ1v) is 6.53. The van der Waals surface area contributed by atoms with Crippen molar-refractivity contribution >= 4 is 17.7 Å². The van der Waals surface area contributed by atoms with Crippen LogP contribution in [0.4, 0.5) is 0 Å². The zero-order valence-electron chi connectivity index (χ0n) is 11.4. The van der Waals surface area contributed by atoms with E-state index in [1.807, 2.05) is 13.8 Å². The molecule has 1 rings (SSSR count). The third-order valence-electron chi connectivity index (χ3n) is 2.69. The van der Waals surface area contributed by atoms with Gasteiger partial charge >= 0.3 is 0 Å². The van der Waals surface area contributed by atoms with Crippen molar-refractivity contribution in [2.45, 2.75) is 26.3 Å². The van der Waals surface area contributed by atoms with Gasteiger partial charge in [0.1, 0.15) is 6.04 Å². The number of amides is 3. The molecule has 0 bridgehead atoms. The summed E-state index contributed by atoms with van der Waals surface area (Å²) in [4.78, 5) is 34.0. The lowest BCUT2D eigenvalue weighted by Crippen LogP contribution is -2.58. The largest absolute Gasteiger partial charge is 0.356 e. The van der Waals surface area contributed by atoms with Crippen molar-refractivity contribution in [3.63, 3.8) is 0 Å². The minimum absolute atomic E-state index is 0.0705. The van der Waals surface area contributed by atoms with E-state index in [1.165, 1.54) is 0 Å². The summed E-state index contributed by atoms with van der Waals surface area (Å²) in [5, 5.41) is 10.9. The molecule has 0 aliphatic carbocycles. The van der Waals surface area contributed by atoms with Gasteiger partial charge in [0.15, 0.2) is 0 Å². The lowest BCUT2D eigenvalue weighted by Gasteiger charge is -2.23. The lowest BCUT2D eigenvalue weighted by atomic mass is 10.2. The van der Waals surface area contributed by atoms with Crippen molar-refractivity contribution in [3.8, 4) is 0 Å². The van der Waals surface area contributed by atoms with Gasteiger partial charge in [0.05, 0.1) is 6.54 Å². The summed E-state index contributed by atoms with van der Waals surface area (Å²) < 4.78 is 0. The van der Waals surface area contributed by atoms with E-state index in [0.29, 0.717) is 19.0 Å². The normalized spacial score (nSPS) is 18.9. The number of carbonyl (C=O) groups excluding carboxylic acids is 3. The first-order valence-electron chi connectivity index (χ1n) is 6.53. The third-order valence-corrected chi connectivity index (χ3v) is 2.69. The number of hydrogen-bond donors (Lipinski definition) is 4. The molecule has 7 nitrogen and oxygen atoms in total. The van der Waals surface area contributed by atoms with E-state index in [-0.39, 0.29) is 37.2 Å². The Morgan fingerprint density at radius 3 is 2.68 bits per heavy atom. The molecule has 3 amide bonds. The Bertz CT molecular complexity index is 334. The first-order chi connectivity index (χ1) is 8.99. The second-order valence-electron chi connectivity index (χ2n) is 4.98. The minimum Gasteiger partial charge on any atom is -0.356 e. The van der Waals surface area contributed by atoms with Crippen LogP contribution in [0.2, 0.25) is 0 Å². The zero-order chi connectivity index (χ0) is 14.3. The summed E-state index contributed by atoms with van der Waals surface area (Å²) in [6.07, 6.45) is 0.261. The van der Waals surface area contributed by atoms with Crippen LogP contribution in [0.15, 0.2) is 0 Å². The SMILES string of the molecule is CC(C)CNC(=O)CCNC(=O)C1CNC(=O)CN1. The second-order valence-corrected chi connectivity index (χ2v) is 4.98. The number of piperazine rings is 1. The fourth-order valence-electron chi connectivity index (χ4n) is 1.58. The van der Waals surface area contributed by atoms with E-state index in [1.54, 1.807) is 0 Å². The number of hydrogen-bond acceptors (Lipinski definition) is 4. The number of rotatable bonds is 6. The first kappa shape index (κ1) is 15.4. The number of carbonyl (C=O) groups is 3. The maximum atomic E-state index is 11.7. The maximum Gasteiger partial charge on any atom is 0.238 e. The molecule has 7 heteroatoms. The van der Waals surface area contributed by atoms with Crippen LogP contribution < -0.4 is 21.3 Å². The van der Waals surface area contributed by atoms with Crippen molar-refractivity contribution in [1.29, 1.82) is 0 Å². The van der Waals surface area contributed by atoms with Crippen LogP contribution in [0.3, 0.4) is 0 Å². The molecule has 4 N–H and O–H groups in total. The van der Waals surface area contributed by atoms with Gasteiger partial charge in [-0.05, 0) is 5.92 Å². The Morgan fingerprint density at radius 2 is 2.11 bits per heavy atom. The van der Waals surface area contributed by atoms with Crippen LogP contribution in [0, 0.1) is 5.92 Å². The molecule has 1 saturated heterocycles. The van der Waals surface area contributed by atoms with Crippen LogP contribution in [-0.4, -0.2) is 49.9 Å². The molecule has 1 heterocycles. The molecule has 1 fully saturated rings. The van der Waals surface area contributed by atoms with Crippen LogP contribution in [0.25, 0.3) is 0 Å². The van der Waals surface area contributed by atoms with E-state index in [4.69, 9.17) is 0 Å². The van der Waals surface area contributed by atoms with E-state index in [2.05, 4.69) is 21.3 Å². The van der Waals surface area contributed by atoms with Crippen LogP contribution in [0.5, 0.6) is 0 Å². The summed E-state index contributed by atoms with van der Waals surface area (Å²) in [5.41, 5.74) is 0. The molecule has 1 aliphatic rings. The zero-order valence-corrected chi connectivity index (χ0v) is 11.4. The summed E-state index contributed by atoms with van der Waals surface area (Å²) >= 11 is 0. The third kappa shape index (κ3) is 6.19. The van der Waals surface area contributed by atoms with Gasteiger partial charge in [-0.2, -0.15) is 0 Å². The summed E-state index contributed by atoms with van der Waals surface area (Å²) in [5.74, 6) is 0.0290. The predicted octanol–water partition coefficient (Wildman–Crippen LogP) is -1.65. The Hall–Kier alpha value is -1.63. The topological polar surface area (TPSA) is 99.3 Å². The highest BCUT2D eigenvalue weighted by Gasteiger charge is 2.23. The molecule has 0 aromatic carbocycles. The average Bonchev–Trinajstić information content (AvgIpc) is 2.37. The highest BCUT2D eigenvalue weighted by Crippen LogP contribution is 1.90. The summed E-state index contributed by atoms with van der Waals surface area (Å²) in [6, 6.07) is -0.420. The average molecular weight is 270 g/mol. The molecule has 0 radical (unpaired) electrons. The van der Waals surface area contributed by atoms with Gasteiger partial charge in [0.25, 0.3) is 0 Å². The van der Waals surface area contributed by atoms with Crippen LogP contribution >= 0.6 is 0 Å². The van der Waals surface area contributed by atoms with Crippen molar-refractivity contribution in [2.24, 2.45) is 5.92 Å². The monoisotopic (exact) mass is 270 g/mol. The molecule has 0 aromatic heterocycles. The Kier molecular flexibility index (Phi) is 6.27. The Labute approximate surface area is 112 Å². The molecule has 0 aromatic rings. The molecular formula is C12H22N4O3. The molecule has 1 aliphatic heterocycles. The van der Waals surface area contributed by atoms with E-state index in [9.17, 15) is 14.4 Å². The molecule has 108 valence electrons. The smallest absolute Gasteiger partial charge is 0.238 e. The van der Waals surface area contributed by atoms with Gasteiger partial charge < -0.3 is 16.0 Å². The molecular weight excluding hydrogens is 248 g/mol. The van der Waals surface area contributed by atoms with E-state index in [0.717, 1.165) is 0 Å². The van der Waals surface area contributed by atoms with Gasteiger partial charge in [-0.25, -0.2) is 0 Å². The van der Waals surface area contributed by atoms with Crippen LogP contribution in [-0.2, 0) is 14.4 Å². The fraction of sp³-hybridized carbons (Fsp3) is 0.750. The predicted molar refractivity (Wildman–Crippen MR) is 70.3 cm³/mol. The Balaban J connectivity index is 2.13. The van der Waals surface area contributed by atoms with Crippen molar-refractivity contribution in [2.75, 3.05) is 26.2 Å². The number of nitrogens with one attached hydrogen (secondary N) is 4. The quantitative estimate of drug-likeness (QED) is 0.465. The molecule has 1 unspecified atom stereocenters. The summed E-state index contributed by atoms with van der Waals surface area (Å²) in [7, 11) is 0. The van der Waals surface area contributed by atoms with Gasteiger partial charge in [-0.1, -0.05) is 13.8 Å². The standard InChI is InChI=1S/C12H22N4O3/c1-8(2)5-15-10(17)3-4-13-12(19)9-6-16-11(18)7-14-9/h8-9,14H,3-7H2,1-2H3,(H,13,19)(H,15,17)(H,16,18). The van der Waals surface area contributed by atoms with Gasteiger partial charge in [-0.3, -0.25) is 19.7 Å².